The van der Waals surface area contributed by atoms with E-state index in [9.17, 15) is 9.59 Å². The van der Waals surface area contributed by atoms with Crippen LogP contribution in [0.3, 0.4) is 0 Å². The minimum absolute atomic E-state index is 0.135. The Morgan fingerprint density at radius 1 is 1.07 bits per heavy atom. The number of carbonyl (C=O) groups is 2. The molecular weight excluding hydrogens is 368 g/mol. The Balaban J connectivity index is 1.32. The molecule has 0 saturated heterocycles. The average molecular weight is 382 g/mol. The minimum Gasteiger partial charge on any atom is -0.454 e. The minimum atomic E-state index is -0.389. The molecule has 0 aliphatic carbocycles. The van der Waals surface area contributed by atoms with E-state index in [0.717, 1.165) is 17.1 Å². The normalized spacial score (nSPS) is 11.9. The van der Waals surface area contributed by atoms with E-state index in [0.29, 0.717) is 28.0 Å². The topological polar surface area (TPSA) is 102 Å². The molecule has 136 valence electrons. The number of nitrogens with one attached hydrogen (secondary N) is 2. The van der Waals surface area contributed by atoms with Crippen molar-refractivity contribution in [3.63, 3.8) is 0 Å². The molecular formula is C18H14N4O4S. The van der Waals surface area contributed by atoms with Crippen molar-refractivity contribution in [3.8, 4) is 22.9 Å². The predicted octanol–water partition coefficient (Wildman–Crippen LogP) is 2.30. The average Bonchev–Trinajstić information content (AvgIpc) is 3.35. The Labute approximate surface area is 158 Å². The molecule has 3 aromatic rings. The van der Waals surface area contributed by atoms with Gasteiger partial charge in [0.15, 0.2) is 17.3 Å². The maximum atomic E-state index is 12.2. The number of fused-ring (bicyclic) bond motifs is 1. The molecule has 2 N–H and O–H groups in total. The lowest BCUT2D eigenvalue weighted by Gasteiger charge is -2.05. The molecule has 8 nitrogen and oxygen atoms in total. The lowest BCUT2D eigenvalue weighted by molar-refractivity contribution is -0.115. The van der Waals surface area contributed by atoms with Gasteiger partial charge in [-0.15, -0.1) is 0 Å². The predicted molar refractivity (Wildman–Crippen MR) is 98.9 cm³/mol. The molecule has 0 radical (unpaired) electrons. The molecule has 0 saturated carbocycles. The van der Waals surface area contributed by atoms with E-state index >= 15 is 0 Å². The number of aromatic nitrogens is 2. The maximum absolute atomic E-state index is 12.2. The standard InChI is InChI=1S/C18H14N4O4S/c23-15(20-18-21-16(22-27-18)11-4-2-1-3-5-11)9-19-17(24)12-6-7-13-14(8-12)26-10-25-13/h1-8H,9-10H2,(H,19,24)(H,20,21,22,23). The molecule has 0 atom stereocenters. The van der Waals surface area contributed by atoms with E-state index in [1.54, 1.807) is 18.2 Å². The van der Waals surface area contributed by atoms with E-state index < -0.39 is 0 Å². The molecule has 2 amide bonds. The second kappa shape index (κ2) is 7.42. The smallest absolute Gasteiger partial charge is 0.251 e. The highest BCUT2D eigenvalue weighted by Crippen LogP contribution is 2.32. The summed E-state index contributed by atoms with van der Waals surface area (Å²) in [5, 5.41) is 5.56. The summed E-state index contributed by atoms with van der Waals surface area (Å²) in [5.74, 6) is 0.870. The number of carbonyl (C=O) groups excluding carboxylic acids is 2. The van der Waals surface area contributed by atoms with Gasteiger partial charge in [-0.25, -0.2) is 0 Å². The fourth-order valence-electron chi connectivity index (χ4n) is 2.44. The van der Waals surface area contributed by atoms with Crippen LogP contribution in [0.25, 0.3) is 11.4 Å². The first-order valence-corrected chi connectivity index (χ1v) is 8.83. The molecule has 4 rings (SSSR count). The third-order valence-electron chi connectivity index (χ3n) is 3.75. The zero-order valence-corrected chi connectivity index (χ0v) is 14.8. The number of amides is 2. The number of hydrogen-bond acceptors (Lipinski definition) is 7. The first-order valence-electron chi connectivity index (χ1n) is 8.06. The SMILES string of the molecule is O=C(CNC(=O)c1ccc2c(c1)OCO2)Nc1nc(-c2ccccc2)ns1. The van der Waals surface area contributed by atoms with Gasteiger partial charge in [-0.3, -0.25) is 14.9 Å². The van der Waals surface area contributed by atoms with Gasteiger partial charge in [-0.05, 0) is 18.2 Å². The van der Waals surface area contributed by atoms with Crippen LogP contribution < -0.4 is 20.1 Å². The molecule has 0 spiro atoms. The molecule has 2 aromatic carbocycles. The van der Waals surface area contributed by atoms with E-state index in [1.165, 1.54) is 0 Å². The van der Waals surface area contributed by atoms with Crippen LogP contribution in [0.1, 0.15) is 10.4 Å². The third kappa shape index (κ3) is 3.87. The van der Waals surface area contributed by atoms with Crippen LogP contribution in [0.4, 0.5) is 5.13 Å². The van der Waals surface area contributed by atoms with Crippen LogP contribution in [0, 0.1) is 0 Å². The van der Waals surface area contributed by atoms with E-state index in [-0.39, 0.29) is 25.2 Å². The number of hydrogen-bond donors (Lipinski definition) is 2. The van der Waals surface area contributed by atoms with Crippen LogP contribution in [0.5, 0.6) is 11.5 Å². The molecule has 1 aromatic heterocycles. The van der Waals surface area contributed by atoms with Gasteiger partial charge in [0, 0.05) is 22.7 Å². The van der Waals surface area contributed by atoms with Gasteiger partial charge in [0.2, 0.25) is 17.8 Å². The first-order chi connectivity index (χ1) is 13.2. The number of benzene rings is 2. The van der Waals surface area contributed by atoms with Crippen molar-refractivity contribution < 1.29 is 19.1 Å². The molecule has 1 aliphatic rings. The van der Waals surface area contributed by atoms with Crippen LogP contribution in [-0.4, -0.2) is 34.5 Å². The summed E-state index contributed by atoms with van der Waals surface area (Å²) >= 11 is 1.08. The summed E-state index contributed by atoms with van der Waals surface area (Å²) < 4.78 is 14.7. The molecule has 0 bridgehead atoms. The van der Waals surface area contributed by atoms with Gasteiger partial charge in [-0.2, -0.15) is 9.36 Å². The summed E-state index contributed by atoms with van der Waals surface area (Å²) in [6, 6.07) is 14.3. The fraction of sp³-hybridized carbons (Fsp3) is 0.111. The van der Waals surface area contributed by atoms with Gasteiger partial charge in [-0.1, -0.05) is 30.3 Å². The summed E-state index contributed by atoms with van der Waals surface area (Å²) in [7, 11) is 0. The van der Waals surface area contributed by atoms with E-state index in [2.05, 4.69) is 20.0 Å². The third-order valence-corrected chi connectivity index (χ3v) is 4.38. The van der Waals surface area contributed by atoms with Crippen LogP contribution in [-0.2, 0) is 4.79 Å². The molecule has 27 heavy (non-hydrogen) atoms. The molecule has 0 fully saturated rings. The van der Waals surface area contributed by atoms with Gasteiger partial charge >= 0.3 is 0 Å². The van der Waals surface area contributed by atoms with Crippen molar-refractivity contribution in [2.45, 2.75) is 0 Å². The van der Waals surface area contributed by atoms with Crippen molar-refractivity contribution in [1.82, 2.24) is 14.7 Å². The molecule has 0 unspecified atom stereocenters. The number of ether oxygens (including phenoxy) is 2. The Morgan fingerprint density at radius 2 is 1.89 bits per heavy atom. The van der Waals surface area contributed by atoms with Crippen molar-refractivity contribution in [2.75, 3.05) is 18.7 Å². The van der Waals surface area contributed by atoms with Gasteiger partial charge in [0.05, 0.1) is 6.54 Å². The zero-order valence-electron chi connectivity index (χ0n) is 14.0. The molecule has 1 aliphatic heterocycles. The fourth-order valence-corrected chi connectivity index (χ4v) is 3.05. The summed E-state index contributed by atoms with van der Waals surface area (Å²) in [6.07, 6.45) is 0. The summed E-state index contributed by atoms with van der Waals surface area (Å²) in [6.45, 7) is -0.0524. The van der Waals surface area contributed by atoms with E-state index in [4.69, 9.17) is 9.47 Å². The second-order valence-electron chi connectivity index (χ2n) is 5.59. The molecule has 2 heterocycles. The first kappa shape index (κ1) is 17.0. The largest absolute Gasteiger partial charge is 0.454 e. The van der Waals surface area contributed by atoms with E-state index in [1.807, 2.05) is 30.3 Å². The Bertz CT molecular complexity index is 990. The quantitative estimate of drug-likeness (QED) is 0.702. The Kier molecular flexibility index (Phi) is 4.67. The number of nitrogens with zero attached hydrogens (tertiary/aromatic N) is 2. The number of rotatable bonds is 5. The summed E-state index contributed by atoms with van der Waals surface area (Å²) in [5.41, 5.74) is 1.25. The highest BCUT2D eigenvalue weighted by Gasteiger charge is 2.17. The monoisotopic (exact) mass is 382 g/mol. The molecule has 9 heteroatoms. The van der Waals surface area contributed by atoms with Crippen molar-refractivity contribution in [1.29, 1.82) is 0 Å². The number of anilines is 1. The van der Waals surface area contributed by atoms with Crippen LogP contribution >= 0.6 is 11.5 Å². The second-order valence-corrected chi connectivity index (χ2v) is 6.34. The Morgan fingerprint density at radius 3 is 2.74 bits per heavy atom. The Hall–Kier alpha value is -3.46. The zero-order chi connectivity index (χ0) is 18.6. The van der Waals surface area contributed by atoms with Gasteiger partial charge in [0.1, 0.15) is 0 Å². The van der Waals surface area contributed by atoms with Gasteiger partial charge < -0.3 is 14.8 Å². The van der Waals surface area contributed by atoms with Gasteiger partial charge in [0.25, 0.3) is 5.91 Å². The highest BCUT2D eigenvalue weighted by molar-refractivity contribution is 7.10. The van der Waals surface area contributed by atoms with Crippen LogP contribution in [0.2, 0.25) is 0 Å². The van der Waals surface area contributed by atoms with Crippen molar-refractivity contribution >= 4 is 28.5 Å². The summed E-state index contributed by atoms with van der Waals surface area (Å²) in [4.78, 5) is 28.5. The van der Waals surface area contributed by atoms with Crippen molar-refractivity contribution in [2.24, 2.45) is 0 Å². The van der Waals surface area contributed by atoms with Crippen molar-refractivity contribution in [3.05, 3.63) is 54.1 Å². The lowest BCUT2D eigenvalue weighted by atomic mass is 10.2. The lowest BCUT2D eigenvalue weighted by Crippen LogP contribution is -2.32. The highest BCUT2D eigenvalue weighted by atomic mass is 32.1. The van der Waals surface area contributed by atoms with Crippen LogP contribution in [0.15, 0.2) is 48.5 Å². The maximum Gasteiger partial charge on any atom is 0.251 e.